The lowest BCUT2D eigenvalue weighted by atomic mass is 9.95. The highest BCUT2D eigenvalue weighted by molar-refractivity contribution is 8.14. The zero-order valence-electron chi connectivity index (χ0n) is 9.78. The van der Waals surface area contributed by atoms with Crippen LogP contribution in [-0.2, 0) is 10.2 Å². The number of carbonyl (C=O) groups is 1. The predicted octanol–water partition coefficient (Wildman–Crippen LogP) is 2.59. The Kier molecular flexibility index (Phi) is 3.08. The van der Waals surface area contributed by atoms with Crippen LogP contribution >= 0.6 is 23.4 Å². The van der Waals surface area contributed by atoms with Gasteiger partial charge in [0.25, 0.3) is 0 Å². The fraction of sp³-hybridized carbons (Fsp3) is 0.385. The van der Waals surface area contributed by atoms with Crippen LogP contribution in [0, 0.1) is 0 Å². The van der Waals surface area contributed by atoms with E-state index in [1.807, 2.05) is 24.3 Å². The number of benzene rings is 1. The molecule has 0 spiro atoms. The molecule has 1 aliphatic heterocycles. The Labute approximate surface area is 115 Å². The minimum Gasteiger partial charge on any atom is -0.305 e. The monoisotopic (exact) mass is 280 g/mol. The summed E-state index contributed by atoms with van der Waals surface area (Å²) in [5, 5.41) is 4.37. The fourth-order valence-electron chi connectivity index (χ4n) is 2.19. The van der Waals surface area contributed by atoms with Gasteiger partial charge in [0.15, 0.2) is 5.17 Å². The maximum Gasteiger partial charge on any atom is 0.236 e. The van der Waals surface area contributed by atoms with E-state index in [4.69, 9.17) is 11.6 Å². The van der Waals surface area contributed by atoms with E-state index in [0.717, 1.165) is 35.9 Å². The SMILES string of the molecule is O=C(NC1=NCCS1)C1(c2cccc(Cl)c2)CC1. The van der Waals surface area contributed by atoms with Crippen LogP contribution in [0.5, 0.6) is 0 Å². The van der Waals surface area contributed by atoms with Crippen LogP contribution < -0.4 is 5.32 Å². The number of thioether (sulfide) groups is 1. The summed E-state index contributed by atoms with van der Waals surface area (Å²) in [5.74, 6) is 1.01. The highest BCUT2D eigenvalue weighted by Gasteiger charge is 2.51. The summed E-state index contributed by atoms with van der Waals surface area (Å²) < 4.78 is 0. The topological polar surface area (TPSA) is 41.5 Å². The number of hydrogen-bond donors (Lipinski definition) is 1. The van der Waals surface area contributed by atoms with Gasteiger partial charge < -0.3 is 5.32 Å². The third kappa shape index (κ3) is 2.15. The Hall–Kier alpha value is -1.00. The van der Waals surface area contributed by atoms with E-state index < -0.39 is 0 Å². The van der Waals surface area contributed by atoms with Crippen molar-refractivity contribution in [1.82, 2.24) is 5.32 Å². The highest BCUT2D eigenvalue weighted by atomic mass is 35.5. The number of carbonyl (C=O) groups excluding carboxylic acids is 1. The summed E-state index contributed by atoms with van der Waals surface area (Å²) in [4.78, 5) is 16.6. The van der Waals surface area contributed by atoms with Crippen molar-refractivity contribution in [2.75, 3.05) is 12.3 Å². The number of halogens is 1. The zero-order valence-corrected chi connectivity index (χ0v) is 11.4. The van der Waals surface area contributed by atoms with E-state index in [0.29, 0.717) is 5.02 Å². The molecule has 0 radical (unpaired) electrons. The largest absolute Gasteiger partial charge is 0.305 e. The molecule has 3 rings (SSSR count). The third-order valence-corrected chi connectivity index (χ3v) is 4.49. The van der Waals surface area contributed by atoms with Gasteiger partial charge in [-0.2, -0.15) is 0 Å². The average molecular weight is 281 g/mol. The summed E-state index contributed by atoms with van der Waals surface area (Å²) in [7, 11) is 0. The lowest BCUT2D eigenvalue weighted by Gasteiger charge is -2.15. The first-order valence-corrected chi connectivity index (χ1v) is 7.32. The molecule has 1 amide bonds. The molecule has 1 aromatic carbocycles. The molecule has 2 aliphatic rings. The molecule has 0 aromatic heterocycles. The lowest BCUT2D eigenvalue weighted by molar-refractivity contribution is -0.122. The minimum atomic E-state index is -0.378. The number of nitrogens with one attached hydrogen (secondary N) is 1. The summed E-state index contributed by atoms with van der Waals surface area (Å²) in [6.45, 7) is 0.796. The second-order valence-corrected chi connectivity index (χ2v) is 6.10. The molecule has 1 saturated carbocycles. The van der Waals surface area contributed by atoms with Gasteiger partial charge in [0.05, 0.1) is 12.0 Å². The minimum absolute atomic E-state index is 0.0536. The number of rotatable bonds is 2. The average Bonchev–Trinajstić information content (AvgIpc) is 3.03. The Morgan fingerprint density at radius 2 is 2.28 bits per heavy atom. The quantitative estimate of drug-likeness (QED) is 0.905. The molecule has 0 saturated heterocycles. The molecule has 1 fully saturated rings. The van der Waals surface area contributed by atoms with Gasteiger partial charge in [0, 0.05) is 10.8 Å². The molecule has 0 atom stereocenters. The molecule has 1 aromatic rings. The molecule has 1 aliphatic carbocycles. The molecule has 5 heteroatoms. The third-order valence-electron chi connectivity index (χ3n) is 3.37. The zero-order chi connectivity index (χ0) is 12.6. The van der Waals surface area contributed by atoms with Gasteiger partial charge in [0.1, 0.15) is 0 Å². The fourth-order valence-corrected chi connectivity index (χ4v) is 3.10. The predicted molar refractivity (Wildman–Crippen MR) is 75.3 cm³/mol. The van der Waals surface area contributed by atoms with E-state index in [1.54, 1.807) is 11.8 Å². The van der Waals surface area contributed by atoms with Gasteiger partial charge in [-0.3, -0.25) is 9.79 Å². The number of amides is 1. The second-order valence-electron chi connectivity index (χ2n) is 4.58. The Morgan fingerprint density at radius 1 is 1.44 bits per heavy atom. The summed E-state index contributed by atoms with van der Waals surface area (Å²) >= 11 is 7.60. The molecule has 0 bridgehead atoms. The van der Waals surface area contributed by atoms with Crippen molar-refractivity contribution >= 4 is 34.4 Å². The normalized spacial score (nSPS) is 20.4. The van der Waals surface area contributed by atoms with Gasteiger partial charge in [-0.25, -0.2) is 0 Å². The number of aliphatic imine (C=N–C) groups is 1. The number of amidine groups is 1. The van der Waals surface area contributed by atoms with Gasteiger partial charge >= 0.3 is 0 Å². The summed E-state index contributed by atoms with van der Waals surface area (Å²) in [6.07, 6.45) is 1.77. The lowest BCUT2D eigenvalue weighted by Crippen LogP contribution is -2.37. The van der Waals surface area contributed by atoms with Crippen LogP contribution in [-0.4, -0.2) is 23.4 Å². The van der Waals surface area contributed by atoms with Gasteiger partial charge in [0.2, 0.25) is 5.91 Å². The molecule has 94 valence electrons. The van der Waals surface area contributed by atoms with E-state index in [9.17, 15) is 4.79 Å². The van der Waals surface area contributed by atoms with Gasteiger partial charge in [-0.05, 0) is 30.5 Å². The van der Waals surface area contributed by atoms with Crippen LogP contribution in [0.3, 0.4) is 0 Å². The molecule has 1 heterocycles. The molecule has 3 nitrogen and oxygen atoms in total. The van der Waals surface area contributed by atoms with E-state index in [2.05, 4.69) is 10.3 Å². The standard InChI is InChI=1S/C13H13ClN2OS/c14-10-3-1-2-9(8-10)13(4-5-13)11(17)16-12-15-6-7-18-12/h1-3,8H,4-7H2,(H,15,16,17). The summed E-state index contributed by atoms with van der Waals surface area (Å²) in [6, 6.07) is 7.59. The van der Waals surface area contributed by atoms with Crippen molar-refractivity contribution in [3.8, 4) is 0 Å². The van der Waals surface area contributed by atoms with Crippen molar-refractivity contribution in [3.05, 3.63) is 34.9 Å². The molecule has 18 heavy (non-hydrogen) atoms. The van der Waals surface area contributed by atoms with Crippen molar-refractivity contribution in [3.63, 3.8) is 0 Å². The first-order chi connectivity index (χ1) is 8.71. The number of nitrogens with zero attached hydrogens (tertiary/aromatic N) is 1. The number of hydrogen-bond acceptors (Lipinski definition) is 3. The Balaban J connectivity index is 1.80. The van der Waals surface area contributed by atoms with Crippen LogP contribution in [0.1, 0.15) is 18.4 Å². The van der Waals surface area contributed by atoms with E-state index in [-0.39, 0.29) is 11.3 Å². The van der Waals surface area contributed by atoms with Crippen molar-refractivity contribution in [2.45, 2.75) is 18.3 Å². The second kappa shape index (κ2) is 4.59. The van der Waals surface area contributed by atoms with Crippen LogP contribution in [0.2, 0.25) is 5.02 Å². The van der Waals surface area contributed by atoms with Crippen LogP contribution in [0.25, 0.3) is 0 Å². The Morgan fingerprint density at radius 3 is 2.89 bits per heavy atom. The van der Waals surface area contributed by atoms with Crippen LogP contribution in [0.15, 0.2) is 29.3 Å². The maximum atomic E-state index is 12.3. The molecular formula is C13H13ClN2OS. The van der Waals surface area contributed by atoms with Crippen LogP contribution in [0.4, 0.5) is 0 Å². The van der Waals surface area contributed by atoms with E-state index in [1.165, 1.54) is 0 Å². The van der Waals surface area contributed by atoms with Gasteiger partial charge in [-0.15, -0.1) is 0 Å². The molecular weight excluding hydrogens is 268 g/mol. The first kappa shape index (κ1) is 12.1. The molecule has 0 unspecified atom stereocenters. The highest BCUT2D eigenvalue weighted by Crippen LogP contribution is 2.48. The first-order valence-electron chi connectivity index (χ1n) is 5.95. The van der Waals surface area contributed by atoms with Gasteiger partial charge in [-0.1, -0.05) is 35.5 Å². The van der Waals surface area contributed by atoms with Crippen molar-refractivity contribution in [1.29, 1.82) is 0 Å². The smallest absolute Gasteiger partial charge is 0.236 e. The van der Waals surface area contributed by atoms with Crippen molar-refractivity contribution < 1.29 is 4.79 Å². The Bertz CT molecular complexity index is 525. The maximum absolute atomic E-state index is 12.3. The van der Waals surface area contributed by atoms with E-state index >= 15 is 0 Å². The van der Waals surface area contributed by atoms with Crippen molar-refractivity contribution in [2.24, 2.45) is 4.99 Å². The molecule has 1 N–H and O–H groups in total. The summed E-state index contributed by atoms with van der Waals surface area (Å²) in [5.41, 5.74) is 0.632.